The predicted molar refractivity (Wildman–Crippen MR) is 71.0 cm³/mol. The van der Waals surface area contributed by atoms with Gasteiger partial charge in [-0.2, -0.15) is 0 Å². The van der Waals surface area contributed by atoms with Gasteiger partial charge in [-0.15, -0.1) is 0 Å². The molecule has 0 radical (unpaired) electrons. The average molecular weight is 228 g/mol. The smallest absolute Gasteiger partial charge is 0.120 e. The Labute approximate surface area is 101 Å². The van der Waals surface area contributed by atoms with Crippen LogP contribution in [0.2, 0.25) is 0 Å². The lowest BCUT2D eigenvalue weighted by Crippen LogP contribution is -2.07. The molecule has 1 atom stereocenters. The first-order valence-corrected chi connectivity index (χ1v) is 5.57. The Morgan fingerprint density at radius 3 is 2.53 bits per heavy atom. The van der Waals surface area contributed by atoms with E-state index in [-0.39, 0.29) is 11.8 Å². The van der Waals surface area contributed by atoms with Crippen molar-refractivity contribution < 1.29 is 5.11 Å². The van der Waals surface area contributed by atoms with Gasteiger partial charge in [-0.05, 0) is 37.3 Å². The van der Waals surface area contributed by atoms with E-state index in [4.69, 9.17) is 5.73 Å². The lowest BCUT2D eigenvalue weighted by atomic mass is 10.1. The maximum atomic E-state index is 9.79. The zero-order valence-electron chi connectivity index (χ0n) is 9.72. The van der Waals surface area contributed by atoms with Gasteiger partial charge in [0.25, 0.3) is 0 Å². The highest BCUT2D eigenvalue weighted by atomic mass is 16.3. The first kappa shape index (κ1) is 11.3. The highest BCUT2D eigenvalue weighted by molar-refractivity contribution is 5.52. The van der Waals surface area contributed by atoms with Gasteiger partial charge < -0.3 is 16.2 Å². The Hall–Kier alpha value is -2.16. The molecule has 0 heterocycles. The Bertz CT molecular complexity index is 497. The van der Waals surface area contributed by atoms with Crippen LogP contribution in [0.4, 0.5) is 11.4 Å². The molecule has 0 saturated carbocycles. The van der Waals surface area contributed by atoms with Crippen LogP contribution in [0.1, 0.15) is 18.5 Å². The number of phenolic OH excluding ortho intramolecular Hbond substituents is 1. The largest absolute Gasteiger partial charge is 0.508 e. The van der Waals surface area contributed by atoms with Crippen LogP contribution in [-0.2, 0) is 0 Å². The number of nitrogens with two attached hydrogens (primary N) is 1. The highest BCUT2D eigenvalue weighted by Crippen LogP contribution is 2.28. The summed E-state index contributed by atoms with van der Waals surface area (Å²) < 4.78 is 0. The number of benzene rings is 2. The van der Waals surface area contributed by atoms with Crippen LogP contribution >= 0.6 is 0 Å². The lowest BCUT2D eigenvalue weighted by Gasteiger charge is -2.17. The summed E-state index contributed by atoms with van der Waals surface area (Å²) in [5.74, 6) is 0.259. The summed E-state index contributed by atoms with van der Waals surface area (Å²) in [6, 6.07) is 15.0. The second kappa shape index (κ2) is 4.78. The molecular weight excluding hydrogens is 212 g/mol. The summed E-state index contributed by atoms with van der Waals surface area (Å²) in [6.07, 6.45) is 0. The van der Waals surface area contributed by atoms with Gasteiger partial charge in [0.05, 0.1) is 6.04 Å². The summed E-state index contributed by atoms with van der Waals surface area (Å²) in [4.78, 5) is 0. The van der Waals surface area contributed by atoms with E-state index < -0.39 is 0 Å². The minimum Gasteiger partial charge on any atom is -0.508 e. The van der Waals surface area contributed by atoms with Crippen molar-refractivity contribution in [2.45, 2.75) is 13.0 Å². The Balaban J connectivity index is 2.20. The molecule has 0 spiro atoms. The summed E-state index contributed by atoms with van der Waals surface area (Å²) in [7, 11) is 0. The maximum Gasteiger partial charge on any atom is 0.120 e. The predicted octanol–water partition coefficient (Wildman–Crippen LogP) is 3.15. The van der Waals surface area contributed by atoms with E-state index in [0.29, 0.717) is 5.69 Å². The van der Waals surface area contributed by atoms with Crippen LogP contribution in [0, 0.1) is 0 Å². The molecule has 17 heavy (non-hydrogen) atoms. The molecule has 3 heteroatoms. The zero-order valence-corrected chi connectivity index (χ0v) is 9.72. The average Bonchev–Trinajstić information content (AvgIpc) is 2.33. The number of para-hydroxylation sites is 1. The van der Waals surface area contributed by atoms with Gasteiger partial charge in [0.15, 0.2) is 0 Å². The molecule has 0 bridgehead atoms. The molecule has 0 amide bonds. The number of rotatable bonds is 3. The first-order valence-electron chi connectivity index (χ1n) is 5.57. The third-order valence-electron chi connectivity index (χ3n) is 2.68. The zero-order chi connectivity index (χ0) is 12.3. The van der Waals surface area contributed by atoms with E-state index in [1.165, 1.54) is 0 Å². The van der Waals surface area contributed by atoms with Crippen molar-refractivity contribution in [1.29, 1.82) is 0 Å². The fraction of sp³-hybridized carbons (Fsp3) is 0.143. The molecule has 0 aromatic heterocycles. The Kier molecular flexibility index (Phi) is 3.19. The fourth-order valence-electron chi connectivity index (χ4n) is 1.78. The van der Waals surface area contributed by atoms with Crippen LogP contribution in [0.15, 0.2) is 48.5 Å². The topological polar surface area (TPSA) is 58.3 Å². The van der Waals surface area contributed by atoms with Crippen LogP contribution in [0.5, 0.6) is 5.75 Å². The van der Waals surface area contributed by atoms with Gasteiger partial charge >= 0.3 is 0 Å². The number of nitrogen functional groups attached to an aromatic ring is 1. The summed E-state index contributed by atoms with van der Waals surface area (Å²) >= 11 is 0. The summed E-state index contributed by atoms with van der Waals surface area (Å²) in [5, 5.41) is 13.1. The van der Waals surface area contributed by atoms with Crippen molar-refractivity contribution in [2.24, 2.45) is 0 Å². The first-order chi connectivity index (χ1) is 8.16. The number of hydrogen-bond acceptors (Lipinski definition) is 3. The quantitative estimate of drug-likeness (QED) is 0.558. The van der Waals surface area contributed by atoms with Crippen molar-refractivity contribution >= 4 is 11.4 Å². The molecule has 0 fully saturated rings. The molecule has 3 nitrogen and oxygen atoms in total. The molecule has 0 aliphatic carbocycles. The van der Waals surface area contributed by atoms with Crippen molar-refractivity contribution in [1.82, 2.24) is 0 Å². The van der Waals surface area contributed by atoms with E-state index in [1.807, 2.05) is 37.3 Å². The molecular formula is C14H16N2O. The fourth-order valence-corrected chi connectivity index (χ4v) is 1.78. The van der Waals surface area contributed by atoms with Crippen LogP contribution in [-0.4, -0.2) is 5.11 Å². The van der Waals surface area contributed by atoms with E-state index >= 15 is 0 Å². The highest BCUT2D eigenvalue weighted by Gasteiger charge is 2.10. The minimum absolute atomic E-state index is 0.000833. The standard InChI is InChI=1S/C14H16N2O/c1-10(16-12-5-3-2-4-6-12)13-9-11(15)7-8-14(13)17/h2-10,16-17H,15H2,1H3. The number of aromatic hydroxyl groups is 1. The van der Waals surface area contributed by atoms with E-state index in [2.05, 4.69) is 5.32 Å². The van der Waals surface area contributed by atoms with Gasteiger partial charge in [0.2, 0.25) is 0 Å². The SMILES string of the molecule is CC(Nc1ccccc1)c1cc(N)ccc1O. The molecule has 2 aromatic rings. The summed E-state index contributed by atoms with van der Waals surface area (Å²) in [6.45, 7) is 1.99. The van der Waals surface area contributed by atoms with Gasteiger partial charge in [-0.25, -0.2) is 0 Å². The molecule has 0 aliphatic heterocycles. The molecule has 0 saturated heterocycles. The Morgan fingerprint density at radius 1 is 1.12 bits per heavy atom. The third-order valence-corrected chi connectivity index (χ3v) is 2.68. The van der Waals surface area contributed by atoms with Crippen LogP contribution in [0.25, 0.3) is 0 Å². The molecule has 88 valence electrons. The number of anilines is 2. The normalized spacial score (nSPS) is 12.1. The Morgan fingerprint density at radius 2 is 1.82 bits per heavy atom. The molecule has 2 aromatic carbocycles. The lowest BCUT2D eigenvalue weighted by molar-refractivity contribution is 0.465. The third kappa shape index (κ3) is 2.69. The number of hydrogen-bond donors (Lipinski definition) is 3. The van der Waals surface area contributed by atoms with Crippen LogP contribution in [0.3, 0.4) is 0 Å². The molecule has 1 unspecified atom stereocenters. The second-order valence-corrected chi connectivity index (χ2v) is 4.05. The monoisotopic (exact) mass is 228 g/mol. The van der Waals surface area contributed by atoms with Crippen LogP contribution < -0.4 is 11.1 Å². The van der Waals surface area contributed by atoms with Crippen molar-refractivity contribution in [2.75, 3.05) is 11.1 Å². The molecule has 2 rings (SSSR count). The molecule has 0 aliphatic rings. The van der Waals surface area contributed by atoms with Gasteiger partial charge in [-0.1, -0.05) is 18.2 Å². The van der Waals surface area contributed by atoms with Crippen molar-refractivity contribution in [3.05, 3.63) is 54.1 Å². The van der Waals surface area contributed by atoms with E-state index in [1.54, 1.807) is 18.2 Å². The van der Waals surface area contributed by atoms with Gasteiger partial charge in [-0.3, -0.25) is 0 Å². The van der Waals surface area contributed by atoms with Crippen molar-refractivity contribution in [3.8, 4) is 5.75 Å². The maximum absolute atomic E-state index is 9.79. The van der Waals surface area contributed by atoms with Gasteiger partial charge in [0.1, 0.15) is 5.75 Å². The van der Waals surface area contributed by atoms with E-state index in [9.17, 15) is 5.11 Å². The molecule has 4 N–H and O–H groups in total. The summed E-state index contributed by atoms with van der Waals surface area (Å²) in [5.41, 5.74) is 8.19. The van der Waals surface area contributed by atoms with Gasteiger partial charge in [0, 0.05) is 16.9 Å². The van der Waals surface area contributed by atoms with E-state index in [0.717, 1.165) is 11.3 Å². The number of phenols is 1. The van der Waals surface area contributed by atoms with Crippen molar-refractivity contribution in [3.63, 3.8) is 0 Å². The minimum atomic E-state index is 0.000833. The second-order valence-electron chi connectivity index (χ2n) is 4.05. The number of nitrogens with one attached hydrogen (secondary N) is 1.